The van der Waals surface area contributed by atoms with Gasteiger partial charge >= 0.3 is 5.97 Å². The van der Waals surface area contributed by atoms with Crippen molar-refractivity contribution >= 4 is 40.7 Å². The standard InChI is InChI=1S/C26H20ClNO6/c1-34-21(30)12-15-8-10-19(11-9-15)28-23(16-4-3-7-20(29)14-16)22(25(32)26(28)33)24(31)17-5-2-6-18(27)13-17/h2-11,13-14,23,29,31H,12H2,1H3/b24-22-. The van der Waals surface area contributed by atoms with Crippen LogP contribution < -0.4 is 4.90 Å². The zero-order valence-electron chi connectivity index (χ0n) is 18.1. The number of carbonyl (C=O) groups excluding carboxylic acids is 3. The Morgan fingerprint density at radius 2 is 1.74 bits per heavy atom. The summed E-state index contributed by atoms with van der Waals surface area (Å²) in [6.07, 6.45) is 0.0559. The Morgan fingerprint density at radius 1 is 1.03 bits per heavy atom. The van der Waals surface area contributed by atoms with E-state index < -0.39 is 23.7 Å². The molecule has 1 saturated heterocycles. The highest BCUT2D eigenvalue weighted by Crippen LogP contribution is 2.43. The molecule has 1 aliphatic heterocycles. The summed E-state index contributed by atoms with van der Waals surface area (Å²) in [6, 6.07) is 18.0. The number of aliphatic hydroxyl groups is 1. The number of amides is 1. The Labute approximate surface area is 200 Å². The Bertz CT molecular complexity index is 1310. The van der Waals surface area contributed by atoms with Crippen LogP contribution in [0.1, 0.15) is 22.7 Å². The van der Waals surface area contributed by atoms with Crippen LogP contribution in [0.4, 0.5) is 5.69 Å². The third kappa shape index (κ3) is 4.38. The maximum Gasteiger partial charge on any atom is 0.309 e. The van der Waals surface area contributed by atoms with Crippen molar-refractivity contribution in [2.45, 2.75) is 12.5 Å². The number of carbonyl (C=O) groups is 3. The van der Waals surface area contributed by atoms with Crippen molar-refractivity contribution < 1.29 is 29.3 Å². The van der Waals surface area contributed by atoms with Crippen molar-refractivity contribution in [2.24, 2.45) is 0 Å². The van der Waals surface area contributed by atoms with Gasteiger partial charge in [-0.05, 0) is 47.5 Å². The summed E-state index contributed by atoms with van der Waals surface area (Å²) in [5.41, 5.74) is 1.64. The summed E-state index contributed by atoms with van der Waals surface area (Å²) >= 11 is 6.06. The van der Waals surface area contributed by atoms with Crippen LogP contribution in [-0.4, -0.2) is 35.0 Å². The molecule has 0 aliphatic carbocycles. The Hall–Kier alpha value is -4.10. The van der Waals surface area contributed by atoms with E-state index in [1.165, 1.54) is 30.2 Å². The van der Waals surface area contributed by atoms with Gasteiger partial charge in [0.1, 0.15) is 11.5 Å². The molecule has 0 spiro atoms. The van der Waals surface area contributed by atoms with Gasteiger partial charge in [0.2, 0.25) is 0 Å². The number of rotatable bonds is 5. The molecule has 1 atom stereocenters. The van der Waals surface area contributed by atoms with Crippen LogP contribution in [0.25, 0.3) is 5.76 Å². The molecule has 2 N–H and O–H groups in total. The summed E-state index contributed by atoms with van der Waals surface area (Å²) in [6.45, 7) is 0. The molecule has 0 bridgehead atoms. The maximum atomic E-state index is 13.2. The van der Waals surface area contributed by atoms with Crippen molar-refractivity contribution in [3.8, 4) is 5.75 Å². The van der Waals surface area contributed by atoms with Gasteiger partial charge < -0.3 is 14.9 Å². The molecule has 3 aromatic rings. The summed E-state index contributed by atoms with van der Waals surface area (Å²) < 4.78 is 4.68. The molecule has 1 aliphatic rings. The lowest BCUT2D eigenvalue weighted by molar-refractivity contribution is -0.139. The number of hydrogen-bond donors (Lipinski definition) is 2. The first kappa shape index (κ1) is 23.1. The number of aromatic hydroxyl groups is 1. The van der Waals surface area contributed by atoms with E-state index in [2.05, 4.69) is 4.74 Å². The number of phenols is 1. The van der Waals surface area contributed by atoms with E-state index in [0.29, 0.717) is 21.8 Å². The van der Waals surface area contributed by atoms with E-state index in [-0.39, 0.29) is 29.1 Å². The third-order valence-electron chi connectivity index (χ3n) is 5.52. The Kier molecular flexibility index (Phi) is 6.38. The maximum absolute atomic E-state index is 13.2. The quantitative estimate of drug-likeness (QED) is 0.244. The monoisotopic (exact) mass is 477 g/mol. The smallest absolute Gasteiger partial charge is 0.309 e. The lowest BCUT2D eigenvalue weighted by atomic mass is 9.95. The largest absolute Gasteiger partial charge is 0.508 e. The first-order chi connectivity index (χ1) is 16.3. The molecule has 4 rings (SSSR count). The average molecular weight is 478 g/mol. The van der Waals surface area contributed by atoms with Crippen molar-refractivity contribution in [2.75, 3.05) is 12.0 Å². The Morgan fingerprint density at radius 3 is 2.38 bits per heavy atom. The van der Waals surface area contributed by atoms with E-state index in [9.17, 15) is 24.6 Å². The fourth-order valence-corrected chi connectivity index (χ4v) is 4.10. The lowest BCUT2D eigenvalue weighted by Crippen LogP contribution is -2.29. The van der Waals surface area contributed by atoms with Crippen LogP contribution in [0.3, 0.4) is 0 Å². The van der Waals surface area contributed by atoms with Crippen LogP contribution in [0.2, 0.25) is 5.02 Å². The zero-order chi connectivity index (χ0) is 24.4. The first-order valence-electron chi connectivity index (χ1n) is 10.3. The highest BCUT2D eigenvalue weighted by molar-refractivity contribution is 6.51. The number of nitrogens with zero attached hydrogens (tertiary/aromatic N) is 1. The summed E-state index contributed by atoms with van der Waals surface area (Å²) in [5.74, 6) is -2.55. The molecule has 0 saturated carbocycles. The van der Waals surface area contributed by atoms with Gasteiger partial charge in [0.25, 0.3) is 11.7 Å². The predicted molar refractivity (Wildman–Crippen MR) is 127 cm³/mol. The van der Waals surface area contributed by atoms with Crippen LogP contribution >= 0.6 is 11.6 Å². The zero-order valence-corrected chi connectivity index (χ0v) is 18.8. The molecule has 34 heavy (non-hydrogen) atoms. The second kappa shape index (κ2) is 9.41. The normalized spacial score (nSPS) is 17.1. The van der Waals surface area contributed by atoms with Gasteiger partial charge in [-0.25, -0.2) is 0 Å². The molecule has 172 valence electrons. The fourth-order valence-electron chi connectivity index (χ4n) is 3.91. The molecule has 7 nitrogen and oxygen atoms in total. The number of methoxy groups -OCH3 is 1. The predicted octanol–water partition coefficient (Wildman–Crippen LogP) is 4.39. The van der Waals surface area contributed by atoms with E-state index in [1.807, 2.05) is 0 Å². The molecule has 3 aromatic carbocycles. The van der Waals surface area contributed by atoms with E-state index in [4.69, 9.17) is 11.6 Å². The van der Waals surface area contributed by atoms with Crippen molar-refractivity contribution in [3.63, 3.8) is 0 Å². The SMILES string of the molecule is COC(=O)Cc1ccc(N2C(=O)C(=O)/C(=C(\O)c3cccc(Cl)c3)C2c2cccc(O)c2)cc1. The van der Waals surface area contributed by atoms with Gasteiger partial charge in [-0.1, -0.05) is 48.0 Å². The molecular formula is C26H20ClNO6. The first-order valence-corrected chi connectivity index (χ1v) is 10.7. The number of Topliss-reactive ketones (excluding diaryl/α,β-unsaturated/α-hetero) is 1. The van der Waals surface area contributed by atoms with Gasteiger partial charge in [0.05, 0.1) is 25.1 Å². The number of anilines is 1. The molecule has 1 fully saturated rings. The van der Waals surface area contributed by atoms with Crippen molar-refractivity contribution in [1.29, 1.82) is 0 Å². The number of hydrogen-bond acceptors (Lipinski definition) is 6. The molecule has 0 radical (unpaired) electrons. The minimum atomic E-state index is -1.00. The summed E-state index contributed by atoms with van der Waals surface area (Å²) in [7, 11) is 1.30. The van der Waals surface area contributed by atoms with Gasteiger partial charge in [-0.3, -0.25) is 19.3 Å². The summed E-state index contributed by atoms with van der Waals surface area (Å²) in [5, 5.41) is 21.5. The van der Waals surface area contributed by atoms with Crippen LogP contribution in [-0.2, 0) is 25.5 Å². The van der Waals surface area contributed by atoms with E-state index in [1.54, 1.807) is 54.6 Å². The van der Waals surface area contributed by atoms with Gasteiger partial charge in [-0.2, -0.15) is 0 Å². The Balaban J connectivity index is 1.86. The third-order valence-corrected chi connectivity index (χ3v) is 5.75. The van der Waals surface area contributed by atoms with Crippen LogP contribution in [0, 0.1) is 0 Å². The molecule has 0 aromatic heterocycles. The molecule has 1 unspecified atom stereocenters. The second-order valence-corrected chi connectivity index (χ2v) is 8.13. The lowest BCUT2D eigenvalue weighted by Gasteiger charge is -2.25. The molecule has 1 amide bonds. The number of ether oxygens (including phenoxy) is 1. The minimum absolute atomic E-state index is 0.0559. The number of halogens is 1. The van der Waals surface area contributed by atoms with Crippen LogP contribution in [0.15, 0.2) is 78.4 Å². The molecule has 8 heteroatoms. The number of esters is 1. The molecular weight excluding hydrogens is 458 g/mol. The topological polar surface area (TPSA) is 104 Å². The van der Waals surface area contributed by atoms with Gasteiger partial charge in [0.15, 0.2) is 0 Å². The minimum Gasteiger partial charge on any atom is -0.508 e. The molecule has 1 heterocycles. The van der Waals surface area contributed by atoms with Gasteiger partial charge in [-0.15, -0.1) is 0 Å². The second-order valence-electron chi connectivity index (χ2n) is 7.69. The number of phenolic OH excluding ortho intramolecular Hbond substituents is 1. The number of benzene rings is 3. The number of ketones is 1. The van der Waals surface area contributed by atoms with Crippen molar-refractivity contribution in [1.82, 2.24) is 0 Å². The van der Waals surface area contributed by atoms with E-state index >= 15 is 0 Å². The number of aliphatic hydroxyl groups excluding tert-OH is 1. The van der Waals surface area contributed by atoms with Gasteiger partial charge in [0, 0.05) is 16.3 Å². The average Bonchev–Trinajstić information content (AvgIpc) is 3.09. The summed E-state index contributed by atoms with van der Waals surface area (Å²) in [4.78, 5) is 39.1. The highest BCUT2D eigenvalue weighted by Gasteiger charge is 2.47. The van der Waals surface area contributed by atoms with E-state index in [0.717, 1.165) is 0 Å². The van der Waals surface area contributed by atoms with Crippen molar-refractivity contribution in [3.05, 3.63) is 100 Å². The highest BCUT2D eigenvalue weighted by atomic mass is 35.5. The fraction of sp³-hybridized carbons (Fsp3) is 0.115. The van der Waals surface area contributed by atoms with Crippen LogP contribution in [0.5, 0.6) is 5.75 Å².